The van der Waals surface area contributed by atoms with Gasteiger partial charge >= 0.3 is 17.9 Å². The van der Waals surface area contributed by atoms with Crippen molar-refractivity contribution in [2.45, 2.75) is 12.7 Å². The van der Waals surface area contributed by atoms with Crippen LogP contribution < -0.4 is 9.51 Å². The third-order valence-electron chi connectivity index (χ3n) is 2.73. The van der Waals surface area contributed by atoms with Gasteiger partial charge in [0.15, 0.2) is 6.54 Å². The van der Waals surface area contributed by atoms with Crippen molar-refractivity contribution in [1.29, 1.82) is 0 Å². The molecule has 0 aliphatic heterocycles. The summed E-state index contributed by atoms with van der Waals surface area (Å²) < 4.78 is 43.1. The maximum absolute atomic E-state index is 12.5. The molecule has 21 heavy (non-hydrogen) atoms. The van der Waals surface area contributed by atoms with Gasteiger partial charge in [-0.2, -0.15) is 17.6 Å². The molecule has 9 heteroatoms. The van der Waals surface area contributed by atoms with Gasteiger partial charge in [0.25, 0.3) is 5.65 Å². The number of esters is 1. The molecule has 0 N–H and O–H groups in total. The van der Waals surface area contributed by atoms with Crippen LogP contribution in [0.15, 0.2) is 24.4 Å². The first-order chi connectivity index (χ1) is 9.76. The molecule has 0 bridgehead atoms. The van der Waals surface area contributed by atoms with Gasteiger partial charge in [0, 0.05) is 6.07 Å². The van der Waals surface area contributed by atoms with Crippen LogP contribution in [0.2, 0.25) is 0 Å². The number of carbonyl (C=O) groups is 2. The molecule has 0 fully saturated rings. The lowest BCUT2D eigenvalue weighted by Crippen LogP contribution is -2.31. The Morgan fingerprint density at radius 1 is 1.38 bits per heavy atom. The van der Waals surface area contributed by atoms with Gasteiger partial charge in [0.2, 0.25) is 5.69 Å². The summed E-state index contributed by atoms with van der Waals surface area (Å²) in [6.45, 7) is -1.56. The number of Topliss-reactive ketones (excluding diaryl/α,β-unsaturated/α-hetero) is 1. The van der Waals surface area contributed by atoms with Crippen molar-refractivity contribution in [2.24, 2.45) is 0 Å². The molecule has 0 atom stereocenters. The van der Waals surface area contributed by atoms with E-state index in [9.17, 15) is 27.9 Å². The van der Waals surface area contributed by atoms with Crippen LogP contribution in [-0.4, -0.2) is 29.6 Å². The normalized spacial score (nSPS) is 11.6. The van der Waals surface area contributed by atoms with E-state index >= 15 is 0 Å². The lowest BCUT2D eigenvalue weighted by molar-refractivity contribution is -0.516. The Morgan fingerprint density at radius 2 is 2.05 bits per heavy atom. The quantitative estimate of drug-likeness (QED) is 0.352. The summed E-state index contributed by atoms with van der Waals surface area (Å²) in [5.74, 6) is -3.83. The van der Waals surface area contributed by atoms with E-state index in [1.807, 2.05) is 0 Å². The zero-order valence-electron chi connectivity index (χ0n) is 10.7. The second-order valence-electron chi connectivity index (χ2n) is 4.10. The van der Waals surface area contributed by atoms with Gasteiger partial charge in [-0.3, -0.25) is 4.79 Å². The Morgan fingerprint density at radius 3 is 2.62 bits per heavy atom. The SMILES string of the molecule is COC(=O)C(=O)c1c([O-])n(CC(F)(F)F)c2cccc[n+]12. The topological polar surface area (TPSA) is 75.5 Å². The maximum atomic E-state index is 12.5. The highest BCUT2D eigenvalue weighted by Gasteiger charge is 2.36. The number of fused-ring (bicyclic) bond motifs is 1. The molecule has 2 aromatic rings. The summed E-state index contributed by atoms with van der Waals surface area (Å²) in [4.78, 5) is 23.0. The summed E-state index contributed by atoms with van der Waals surface area (Å²) in [5, 5.41) is 12.0. The van der Waals surface area contributed by atoms with Gasteiger partial charge in [-0.05, 0) is 6.07 Å². The molecular weight excluding hydrogens is 293 g/mol. The number of hydrogen-bond acceptors (Lipinski definition) is 4. The van der Waals surface area contributed by atoms with E-state index in [-0.39, 0.29) is 5.65 Å². The summed E-state index contributed by atoms with van der Waals surface area (Å²) in [7, 11) is 0.935. The van der Waals surface area contributed by atoms with Crippen LogP contribution in [0.1, 0.15) is 10.5 Å². The van der Waals surface area contributed by atoms with Crippen LogP contribution in [0.5, 0.6) is 5.88 Å². The van der Waals surface area contributed by atoms with E-state index in [0.717, 1.165) is 11.5 Å². The van der Waals surface area contributed by atoms with Crippen molar-refractivity contribution in [1.82, 2.24) is 4.57 Å². The number of aromatic nitrogens is 2. The molecule has 2 rings (SSSR count). The molecule has 2 heterocycles. The summed E-state index contributed by atoms with van der Waals surface area (Å²) in [5.41, 5.74) is -0.839. The fourth-order valence-electron chi connectivity index (χ4n) is 1.91. The average molecular weight is 302 g/mol. The zero-order chi connectivity index (χ0) is 15.8. The molecule has 0 radical (unpaired) electrons. The number of halogens is 3. The first-order valence-electron chi connectivity index (χ1n) is 5.65. The number of hydrogen-bond donors (Lipinski definition) is 0. The second kappa shape index (κ2) is 5.08. The number of carbonyl (C=O) groups excluding carboxylic acids is 2. The van der Waals surface area contributed by atoms with Gasteiger partial charge < -0.3 is 9.84 Å². The molecule has 0 saturated carbocycles. The highest BCUT2D eigenvalue weighted by atomic mass is 19.4. The molecule has 2 aromatic heterocycles. The number of nitrogens with zero attached hydrogens (tertiary/aromatic N) is 2. The van der Waals surface area contributed by atoms with Crippen molar-refractivity contribution in [2.75, 3.05) is 7.11 Å². The number of alkyl halides is 3. The predicted octanol–water partition coefficient (Wildman–Crippen LogP) is 0.218. The lowest BCUT2D eigenvalue weighted by Gasteiger charge is -2.08. The number of imidazole rings is 1. The Bertz CT molecular complexity index is 721. The summed E-state index contributed by atoms with van der Waals surface area (Å²) in [6.07, 6.45) is -3.42. The monoisotopic (exact) mass is 302 g/mol. The van der Waals surface area contributed by atoms with Gasteiger partial charge in [0.1, 0.15) is 5.88 Å². The van der Waals surface area contributed by atoms with Crippen LogP contribution in [-0.2, 0) is 16.1 Å². The predicted molar refractivity (Wildman–Crippen MR) is 59.4 cm³/mol. The first-order valence-corrected chi connectivity index (χ1v) is 5.65. The number of ether oxygens (including phenoxy) is 1. The van der Waals surface area contributed by atoms with Crippen molar-refractivity contribution >= 4 is 17.4 Å². The third kappa shape index (κ3) is 2.67. The standard InChI is InChI=1S/C12H9F3N2O4/c1-21-11(20)9(18)8-10(19)17(6-12(13,14)15)7-4-2-3-5-16(7)8/h2-5H,6H2,1H3. The largest absolute Gasteiger partial charge is 0.839 e. The minimum Gasteiger partial charge on any atom is -0.839 e. The third-order valence-corrected chi connectivity index (χ3v) is 2.73. The number of ketones is 1. The lowest BCUT2D eigenvalue weighted by atomic mass is 10.3. The van der Waals surface area contributed by atoms with Gasteiger partial charge in [-0.1, -0.05) is 6.07 Å². The molecule has 0 aliphatic rings. The molecule has 6 nitrogen and oxygen atoms in total. The smallest absolute Gasteiger partial charge is 0.426 e. The Balaban J connectivity index is 2.70. The number of rotatable bonds is 3. The molecule has 0 amide bonds. The van der Waals surface area contributed by atoms with Gasteiger partial charge in [-0.15, -0.1) is 0 Å². The van der Waals surface area contributed by atoms with E-state index in [1.54, 1.807) is 0 Å². The zero-order valence-corrected chi connectivity index (χ0v) is 10.7. The highest BCUT2D eigenvalue weighted by Crippen LogP contribution is 2.24. The van der Waals surface area contributed by atoms with E-state index in [0.29, 0.717) is 4.57 Å². The molecule has 112 valence electrons. The number of methoxy groups -OCH3 is 1. The first kappa shape index (κ1) is 14.8. The van der Waals surface area contributed by atoms with Crippen LogP contribution in [0.3, 0.4) is 0 Å². The van der Waals surface area contributed by atoms with Crippen molar-refractivity contribution in [3.8, 4) is 5.88 Å². The van der Waals surface area contributed by atoms with Gasteiger partial charge in [-0.25, -0.2) is 9.36 Å². The van der Waals surface area contributed by atoms with Crippen LogP contribution in [0.25, 0.3) is 5.65 Å². The van der Waals surface area contributed by atoms with Crippen LogP contribution >= 0.6 is 0 Å². The minimum atomic E-state index is -4.65. The molecular formula is C12H9F3N2O4. The molecule has 0 aromatic carbocycles. The molecule has 0 saturated heterocycles. The van der Waals surface area contributed by atoms with Crippen molar-refractivity contribution in [3.05, 3.63) is 30.1 Å². The summed E-state index contributed by atoms with van der Waals surface area (Å²) >= 11 is 0. The fourth-order valence-corrected chi connectivity index (χ4v) is 1.91. The molecule has 0 unspecified atom stereocenters. The maximum Gasteiger partial charge on any atom is 0.426 e. The molecule has 0 aliphatic carbocycles. The van der Waals surface area contributed by atoms with Gasteiger partial charge in [0.05, 0.1) is 13.3 Å². The Hall–Kier alpha value is -2.58. The summed E-state index contributed by atoms with van der Waals surface area (Å²) in [6, 6.07) is 4.06. The van der Waals surface area contributed by atoms with Crippen molar-refractivity contribution < 1.29 is 37.0 Å². The van der Waals surface area contributed by atoms with Crippen molar-refractivity contribution in [3.63, 3.8) is 0 Å². The highest BCUT2D eigenvalue weighted by molar-refractivity contribution is 6.40. The van der Waals surface area contributed by atoms with E-state index in [1.165, 1.54) is 24.4 Å². The van der Waals surface area contributed by atoms with E-state index < -0.39 is 36.0 Å². The molecule has 0 spiro atoms. The second-order valence-corrected chi connectivity index (χ2v) is 4.10. The fraction of sp³-hybridized carbons (Fsp3) is 0.250. The average Bonchev–Trinajstić information content (AvgIpc) is 2.69. The van der Waals surface area contributed by atoms with E-state index in [2.05, 4.69) is 4.74 Å². The Kier molecular flexibility index (Phi) is 3.58. The van der Waals surface area contributed by atoms with Crippen LogP contribution in [0, 0.1) is 0 Å². The minimum absolute atomic E-state index is 0.146. The van der Waals surface area contributed by atoms with E-state index in [4.69, 9.17) is 0 Å². The van der Waals surface area contributed by atoms with Crippen LogP contribution in [0.4, 0.5) is 13.2 Å². The Labute approximate surface area is 116 Å². The number of pyridine rings is 1.